The van der Waals surface area contributed by atoms with Gasteiger partial charge in [-0.1, -0.05) is 19.8 Å². The van der Waals surface area contributed by atoms with Crippen LogP contribution in [0.3, 0.4) is 0 Å². The molecule has 0 bridgehead atoms. The van der Waals surface area contributed by atoms with E-state index >= 15 is 0 Å². The summed E-state index contributed by atoms with van der Waals surface area (Å²) >= 11 is 0. The molecule has 0 aromatic carbocycles. The van der Waals surface area contributed by atoms with Gasteiger partial charge in [-0.2, -0.15) is 0 Å². The zero-order valence-corrected chi connectivity index (χ0v) is 13.6. The van der Waals surface area contributed by atoms with Crippen molar-refractivity contribution >= 4 is 11.9 Å². The Morgan fingerprint density at radius 1 is 1.18 bits per heavy atom. The highest BCUT2D eigenvalue weighted by atomic mass is 16.5. The van der Waals surface area contributed by atoms with Gasteiger partial charge in [-0.3, -0.25) is 9.59 Å². The molecule has 0 aromatic heterocycles. The molecule has 1 aliphatic carbocycles. The number of hydrogen-bond donors (Lipinski definition) is 1. The van der Waals surface area contributed by atoms with Crippen LogP contribution in [0.25, 0.3) is 0 Å². The zero-order chi connectivity index (χ0) is 15.9. The van der Waals surface area contributed by atoms with Crippen molar-refractivity contribution < 1.29 is 19.4 Å². The molecule has 2 fully saturated rings. The van der Waals surface area contributed by atoms with Crippen molar-refractivity contribution in [2.45, 2.75) is 89.4 Å². The fourth-order valence-corrected chi connectivity index (χ4v) is 3.65. The van der Waals surface area contributed by atoms with Crippen molar-refractivity contribution in [1.82, 2.24) is 4.90 Å². The largest absolute Gasteiger partial charge is 0.481 e. The molecule has 2 rings (SSSR count). The number of aliphatic carboxylic acids is 1. The molecule has 2 aliphatic rings. The Morgan fingerprint density at radius 2 is 1.86 bits per heavy atom. The van der Waals surface area contributed by atoms with E-state index in [0.717, 1.165) is 38.6 Å². The summed E-state index contributed by atoms with van der Waals surface area (Å²) in [5.74, 6) is -0.711. The first kappa shape index (κ1) is 17.3. The van der Waals surface area contributed by atoms with Crippen LogP contribution in [-0.2, 0) is 14.3 Å². The van der Waals surface area contributed by atoms with Gasteiger partial charge < -0.3 is 14.7 Å². The van der Waals surface area contributed by atoms with Gasteiger partial charge in [0.2, 0.25) is 0 Å². The number of likely N-dealkylation sites (tertiary alicyclic amines) is 1. The first-order valence-electron chi connectivity index (χ1n) is 8.79. The van der Waals surface area contributed by atoms with Gasteiger partial charge in [0.1, 0.15) is 6.10 Å². The molecule has 1 heterocycles. The van der Waals surface area contributed by atoms with Gasteiger partial charge in [0.15, 0.2) is 0 Å². The van der Waals surface area contributed by atoms with Gasteiger partial charge in [-0.25, -0.2) is 0 Å². The summed E-state index contributed by atoms with van der Waals surface area (Å²) in [5, 5.41) is 8.89. The van der Waals surface area contributed by atoms with E-state index in [2.05, 4.69) is 0 Å². The van der Waals surface area contributed by atoms with E-state index in [1.165, 1.54) is 12.8 Å². The quantitative estimate of drug-likeness (QED) is 0.785. The molecule has 1 aliphatic heterocycles. The van der Waals surface area contributed by atoms with Crippen molar-refractivity contribution in [3.05, 3.63) is 0 Å². The molecule has 1 saturated heterocycles. The maximum atomic E-state index is 12.8. The van der Waals surface area contributed by atoms with Gasteiger partial charge in [-0.15, -0.1) is 0 Å². The highest BCUT2D eigenvalue weighted by Gasteiger charge is 2.33. The van der Waals surface area contributed by atoms with Crippen LogP contribution in [0.2, 0.25) is 0 Å². The minimum atomic E-state index is -0.785. The van der Waals surface area contributed by atoms with Crippen LogP contribution in [0.4, 0.5) is 0 Å². The Bertz CT molecular complexity index is 379. The minimum Gasteiger partial charge on any atom is -0.481 e. The van der Waals surface area contributed by atoms with Crippen LogP contribution in [-0.4, -0.2) is 46.7 Å². The van der Waals surface area contributed by atoms with Gasteiger partial charge >= 0.3 is 5.97 Å². The van der Waals surface area contributed by atoms with Gasteiger partial charge in [0.05, 0.1) is 6.10 Å². The predicted octanol–water partition coefficient (Wildman–Crippen LogP) is 2.97. The van der Waals surface area contributed by atoms with E-state index in [1.54, 1.807) is 0 Å². The summed E-state index contributed by atoms with van der Waals surface area (Å²) in [6, 6.07) is 0.0681. The lowest BCUT2D eigenvalue weighted by Gasteiger charge is -2.38. The van der Waals surface area contributed by atoms with Crippen molar-refractivity contribution in [3.8, 4) is 0 Å². The topological polar surface area (TPSA) is 66.8 Å². The van der Waals surface area contributed by atoms with Crippen LogP contribution < -0.4 is 0 Å². The molecule has 2 atom stereocenters. The highest BCUT2D eigenvalue weighted by Crippen LogP contribution is 2.26. The molecule has 1 N–H and O–H groups in total. The lowest BCUT2D eigenvalue weighted by molar-refractivity contribution is -0.152. The van der Waals surface area contributed by atoms with E-state index < -0.39 is 5.97 Å². The lowest BCUT2D eigenvalue weighted by atomic mass is 9.97. The first-order chi connectivity index (χ1) is 10.6. The number of rotatable bonds is 7. The average Bonchev–Trinajstić information content (AvgIpc) is 3.03. The second-order valence-electron chi connectivity index (χ2n) is 6.55. The Labute approximate surface area is 133 Å². The minimum absolute atomic E-state index is 0.0681. The van der Waals surface area contributed by atoms with Gasteiger partial charge in [0, 0.05) is 19.0 Å². The van der Waals surface area contributed by atoms with E-state index in [4.69, 9.17) is 9.84 Å². The molecule has 0 radical (unpaired) electrons. The summed E-state index contributed by atoms with van der Waals surface area (Å²) < 4.78 is 6.04. The lowest BCUT2D eigenvalue weighted by Crippen LogP contribution is -2.49. The van der Waals surface area contributed by atoms with E-state index in [1.807, 2.05) is 11.8 Å². The molecule has 5 nitrogen and oxygen atoms in total. The summed E-state index contributed by atoms with van der Waals surface area (Å²) in [6.07, 6.45) is 8.78. The first-order valence-corrected chi connectivity index (χ1v) is 8.79. The number of piperidine rings is 1. The number of amides is 1. The van der Waals surface area contributed by atoms with Crippen molar-refractivity contribution in [2.24, 2.45) is 0 Å². The maximum Gasteiger partial charge on any atom is 0.303 e. The fraction of sp³-hybridized carbons (Fsp3) is 0.882. The van der Waals surface area contributed by atoms with Crippen molar-refractivity contribution in [1.29, 1.82) is 0 Å². The maximum absolute atomic E-state index is 12.8. The van der Waals surface area contributed by atoms with E-state index in [-0.39, 0.29) is 30.6 Å². The molecule has 1 amide bonds. The zero-order valence-electron chi connectivity index (χ0n) is 13.6. The van der Waals surface area contributed by atoms with Gasteiger partial charge in [-0.05, 0) is 44.9 Å². The normalized spacial score (nSPS) is 24.4. The van der Waals surface area contributed by atoms with Crippen LogP contribution in [0.1, 0.15) is 71.1 Å². The number of carbonyl (C=O) groups is 2. The number of carboxylic acids is 1. The molecule has 126 valence electrons. The summed E-state index contributed by atoms with van der Waals surface area (Å²) in [4.78, 5) is 25.5. The summed E-state index contributed by atoms with van der Waals surface area (Å²) in [6.45, 7) is 2.74. The van der Waals surface area contributed by atoms with Crippen molar-refractivity contribution in [2.75, 3.05) is 6.54 Å². The average molecular weight is 311 g/mol. The SMILES string of the molecule is CCC(OC1CCCC1)C(=O)N1CCCCC1CCC(=O)O. The molecular weight excluding hydrogens is 282 g/mol. The monoisotopic (exact) mass is 311 g/mol. The van der Waals surface area contributed by atoms with Crippen LogP contribution in [0.5, 0.6) is 0 Å². The third-order valence-corrected chi connectivity index (χ3v) is 4.91. The van der Waals surface area contributed by atoms with E-state index in [9.17, 15) is 9.59 Å². The second kappa shape index (κ2) is 8.51. The molecule has 5 heteroatoms. The molecule has 0 spiro atoms. The Morgan fingerprint density at radius 3 is 2.50 bits per heavy atom. The highest BCUT2D eigenvalue weighted by molar-refractivity contribution is 5.81. The number of ether oxygens (including phenoxy) is 1. The van der Waals surface area contributed by atoms with Crippen LogP contribution in [0, 0.1) is 0 Å². The Hall–Kier alpha value is -1.10. The smallest absolute Gasteiger partial charge is 0.303 e. The van der Waals surface area contributed by atoms with Gasteiger partial charge in [0.25, 0.3) is 5.91 Å². The van der Waals surface area contributed by atoms with Crippen molar-refractivity contribution in [3.63, 3.8) is 0 Å². The number of nitrogens with zero attached hydrogens (tertiary/aromatic N) is 1. The molecule has 2 unspecified atom stereocenters. The number of carbonyl (C=O) groups excluding carboxylic acids is 1. The standard InChI is InChI=1S/C17H29NO4/c1-2-15(22-14-8-3-4-9-14)17(21)18-12-6-5-7-13(18)10-11-16(19)20/h13-15H,2-12H2,1H3,(H,19,20). The second-order valence-corrected chi connectivity index (χ2v) is 6.55. The third kappa shape index (κ3) is 4.70. The summed E-state index contributed by atoms with van der Waals surface area (Å²) in [5.41, 5.74) is 0. The summed E-state index contributed by atoms with van der Waals surface area (Å²) in [7, 11) is 0. The predicted molar refractivity (Wildman–Crippen MR) is 83.6 cm³/mol. The molecular formula is C17H29NO4. The number of hydrogen-bond acceptors (Lipinski definition) is 3. The van der Waals surface area contributed by atoms with Crippen LogP contribution in [0.15, 0.2) is 0 Å². The van der Waals surface area contributed by atoms with E-state index in [0.29, 0.717) is 12.8 Å². The molecule has 22 heavy (non-hydrogen) atoms. The third-order valence-electron chi connectivity index (χ3n) is 4.91. The molecule has 1 saturated carbocycles. The van der Waals surface area contributed by atoms with Crippen LogP contribution >= 0.6 is 0 Å². The number of carboxylic acid groups (broad SMARTS) is 1. The Kier molecular flexibility index (Phi) is 6.68. The fourth-order valence-electron chi connectivity index (χ4n) is 3.65. The Balaban J connectivity index is 1.94. The molecule has 0 aromatic rings.